The highest BCUT2D eigenvalue weighted by Gasteiger charge is 2.10. The number of aliphatic hydroxyl groups is 1. The molecule has 2 aromatic carbocycles. The first-order valence-electron chi connectivity index (χ1n) is 7.27. The maximum absolute atomic E-state index is 9.37. The monoisotopic (exact) mass is 285 g/mol. The normalized spacial score (nSPS) is 12.3. The zero-order valence-corrected chi connectivity index (χ0v) is 12.5. The zero-order chi connectivity index (χ0) is 14.9. The molecule has 0 fully saturated rings. The molecule has 3 nitrogen and oxygen atoms in total. The highest BCUT2D eigenvalue weighted by Crippen LogP contribution is 2.10. The minimum atomic E-state index is 0.0749. The molecule has 0 radical (unpaired) electrons. The first-order chi connectivity index (χ1) is 10.3. The second kappa shape index (κ2) is 8.57. The highest BCUT2D eigenvalue weighted by atomic mass is 16.5. The third kappa shape index (κ3) is 4.97. The number of ether oxygens (including phenoxy) is 1. The van der Waals surface area contributed by atoms with Crippen LogP contribution in [0.25, 0.3) is 0 Å². The number of methoxy groups -OCH3 is 1. The maximum Gasteiger partial charge on any atom is 0.0685 e. The lowest BCUT2D eigenvalue weighted by atomic mass is 10.0. The molecule has 0 amide bonds. The third-order valence-electron chi connectivity index (χ3n) is 3.56. The van der Waals surface area contributed by atoms with Crippen molar-refractivity contribution in [1.82, 2.24) is 5.32 Å². The van der Waals surface area contributed by atoms with Crippen molar-refractivity contribution in [3.05, 3.63) is 71.3 Å². The molecule has 2 rings (SSSR count). The average molecular weight is 285 g/mol. The van der Waals surface area contributed by atoms with Gasteiger partial charge >= 0.3 is 0 Å². The fraction of sp³-hybridized carbons (Fsp3) is 0.333. The van der Waals surface area contributed by atoms with Crippen LogP contribution in [0.3, 0.4) is 0 Å². The summed E-state index contributed by atoms with van der Waals surface area (Å²) in [5.74, 6) is 0. The van der Waals surface area contributed by atoms with E-state index in [0.717, 1.165) is 24.1 Å². The predicted octanol–water partition coefficient (Wildman–Crippen LogP) is 2.53. The van der Waals surface area contributed by atoms with Crippen molar-refractivity contribution in [2.24, 2.45) is 0 Å². The molecule has 0 aromatic heterocycles. The molecule has 3 heteroatoms. The van der Waals surface area contributed by atoms with Crippen molar-refractivity contribution >= 4 is 0 Å². The quantitative estimate of drug-likeness (QED) is 0.783. The molecular weight excluding hydrogens is 262 g/mol. The van der Waals surface area contributed by atoms with E-state index in [2.05, 4.69) is 29.6 Å². The Hall–Kier alpha value is -1.68. The first kappa shape index (κ1) is 15.7. The van der Waals surface area contributed by atoms with Crippen LogP contribution < -0.4 is 5.32 Å². The lowest BCUT2D eigenvalue weighted by Crippen LogP contribution is -2.35. The molecule has 0 spiro atoms. The van der Waals surface area contributed by atoms with Gasteiger partial charge in [-0.1, -0.05) is 54.6 Å². The van der Waals surface area contributed by atoms with Gasteiger partial charge in [-0.15, -0.1) is 0 Å². The molecule has 0 aliphatic heterocycles. The molecule has 112 valence electrons. The van der Waals surface area contributed by atoms with Gasteiger partial charge in [-0.05, 0) is 23.1 Å². The smallest absolute Gasteiger partial charge is 0.0685 e. The molecule has 0 aliphatic carbocycles. The summed E-state index contributed by atoms with van der Waals surface area (Å²) in [6, 6.07) is 18.6. The van der Waals surface area contributed by atoms with Crippen LogP contribution in [-0.4, -0.2) is 24.9 Å². The summed E-state index contributed by atoms with van der Waals surface area (Å²) < 4.78 is 5.31. The van der Waals surface area contributed by atoms with Crippen molar-refractivity contribution in [1.29, 1.82) is 0 Å². The van der Waals surface area contributed by atoms with Crippen molar-refractivity contribution < 1.29 is 9.84 Å². The molecule has 0 bridgehead atoms. The minimum absolute atomic E-state index is 0.0749. The van der Waals surface area contributed by atoms with Crippen LogP contribution >= 0.6 is 0 Å². The molecule has 0 saturated carbocycles. The van der Waals surface area contributed by atoms with Gasteiger partial charge in [-0.3, -0.25) is 0 Å². The van der Waals surface area contributed by atoms with E-state index < -0.39 is 0 Å². The summed E-state index contributed by atoms with van der Waals surface area (Å²) in [5, 5.41) is 12.9. The number of rotatable bonds is 8. The minimum Gasteiger partial charge on any atom is -0.392 e. The van der Waals surface area contributed by atoms with Crippen molar-refractivity contribution in [3.63, 3.8) is 0 Å². The van der Waals surface area contributed by atoms with E-state index in [4.69, 9.17) is 4.74 Å². The van der Waals surface area contributed by atoms with E-state index >= 15 is 0 Å². The molecule has 1 atom stereocenters. The summed E-state index contributed by atoms with van der Waals surface area (Å²) in [6.07, 6.45) is 0.927. The number of hydrogen-bond acceptors (Lipinski definition) is 3. The van der Waals surface area contributed by atoms with Crippen LogP contribution in [0.15, 0.2) is 54.6 Å². The van der Waals surface area contributed by atoms with E-state index in [1.165, 1.54) is 5.56 Å². The van der Waals surface area contributed by atoms with Crippen molar-refractivity contribution in [3.8, 4) is 0 Å². The lowest BCUT2D eigenvalue weighted by Gasteiger charge is -2.19. The van der Waals surface area contributed by atoms with Gasteiger partial charge < -0.3 is 15.2 Å². The van der Waals surface area contributed by atoms with E-state index in [1.807, 2.05) is 30.3 Å². The van der Waals surface area contributed by atoms with Gasteiger partial charge in [0.15, 0.2) is 0 Å². The number of nitrogens with one attached hydrogen (secondary N) is 1. The van der Waals surface area contributed by atoms with Crippen LogP contribution in [0.1, 0.15) is 16.7 Å². The summed E-state index contributed by atoms with van der Waals surface area (Å²) in [6.45, 7) is 1.47. The number of hydrogen-bond donors (Lipinski definition) is 2. The number of benzene rings is 2. The molecule has 0 saturated heterocycles. The maximum atomic E-state index is 9.37. The Morgan fingerprint density at radius 2 is 1.67 bits per heavy atom. The lowest BCUT2D eigenvalue weighted by molar-refractivity contribution is 0.165. The average Bonchev–Trinajstić information content (AvgIpc) is 2.54. The Balaban J connectivity index is 1.96. The van der Waals surface area contributed by atoms with Crippen LogP contribution in [0, 0.1) is 0 Å². The largest absolute Gasteiger partial charge is 0.392 e. The summed E-state index contributed by atoms with van der Waals surface area (Å²) in [4.78, 5) is 0. The van der Waals surface area contributed by atoms with Gasteiger partial charge in [-0.2, -0.15) is 0 Å². The summed E-state index contributed by atoms with van der Waals surface area (Å²) >= 11 is 0. The van der Waals surface area contributed by atoms with Gasteiger partial charge in [0, 0.05) is 19.7 Å². The van der Waals surface area contributed by atoms with E-state index in [9.17, 15) is 5.11 Å². The second-order valence-corrected chi connectivity index (χ2v) is 5.15. The Morgan fingerprint density at radius 3 is 2.33 bits per heavy atom. The van der Waals surface area contributed by atoms with Gasteiger partial charge in [0.05, 0.1) is 13.2 Å². The van der Waals surface area contributed by atoms with Crippen LogP contribution in [0.5, 0.6) is 0 Å². The van der Waals surface area contributed by atoms with Gasteiger partial charge in [0.1, 0.15) is 0 Å². The highest BCUT2D eigenvalue weighted by molar-refractivity contribution is 5.26. The molecule has 2 N–H and O–H groups in total. The van der Waals surface area contributed by atoms with Crippen LogP contribution in [0.2, 0.25) is 0 Å². The number of aliphatic hydroxyl groups excluding tert-OH is 1. The molecule has 21 heavy (non-hydrogen) atoms. The molecule has 2 aromatic rings. The van der Waals surface area contributed by atoms with E-state index in [1.54, 1.807) is 7.11 Å². The molecule has 1 unspecified atom stereocenters. The van der Waals surface area contributed by atoms with E-state index in [-0.39, 0.29) is 12.6 Å². The Labute approximate surface area is 126 Å². The molecular formula is C18H23NO2. The van der Waals surface area contributed by atoms with Gasteiger partial charge in [0.25, 0.3) is 0 Å². The second-order valence-electron chi connectivity index (χ2n) is 5.15. The first-order valence-corrected chi connectivity index (χ1v) is 7.27. The van der Waals surface area contributed by atoms with E-state index in [0.29, 0.717) is 6.61 Å². The topological polar surface area (TPSA) is 41.5 Å². The van der Waals surface area contributed by atoms with Gasteiger partial charge in [-0.25, -0.2) is 0 Å². The van der Waals surface area contributed by atoms with Crippen LogP contribution in [0.4, 0.5) is 0 Å². The summed E-state index contributed by atoms with van der Waals surface area (Å²) in [7, 11) is 1.72. The SMILES string of the molecule is COCC(Cc1ccccc1)NCc1ccccc1CO. The Bertz CT molecular complexity index is 528. The fourth-order valence-electron chi connectivity index (χ4n) is 2.43. The third-order valence-corrected chi connectivity index (χ3v) is 3.56. The molecule has 0 aliphatic rings. The fourth-order valence-corrected chi connectivity index (χ4v) is 2.43. The standard InChI is InChI=1S/C18H23NO2/c1-21-14-18(11-15-7-3-2-4-8-15)19-12-16-9-5-6-10-17(16)13-20/h2-10,18-20H,11-14H2,1H3. The summed E-state index contributed by atoms with van der Waals surface area (Å²) in [5.41, 5.74) is 3.40. The van der Waals surface area contributed by atoms with Crippen molar-refractivity contribution in [2.45, 2.75) is 25.6 Å². The van der Waals surface area contributed by atoms with Gasteiger partial charge in [0.2, 0.25) is 0 Å². The van der Waals surface area contributed by atoms with Crippen LogP contribution in [-0.2, 0) is 24.3 Å². The van der Waals surface area contributed by atoms with Crippen molar-refractivity contribution in [2.75, 3.05) is 13.7 Å². The predicted molar refractivity (Wildman–Crippen MR) is 85.0 cm³/mol. The Morgan fingerprint density at radius 1 is 1.00 bits per heavy atom. The zero-order valence-electron chi connectivity index (χ0n) is 12.5. The molecule has 0 heterocycles. The Kier molecular flexibility index (Phi) is 6.41.